The summed E-state index contributed by atoms with van der Waals surface area (Å²) < 4.78 is 11.4. The van der Waals surface area contributed by atoms with Crippen LogP contribution in [-0.4, -0.2) is 37.5 Å². The minimum atomic E-state index is -0.612. The molecule has 0 saturated heterocycles. The van der Waals surface area contributed by atoms with Gasteiger partial charge in [-0.05, 0) is 23.1 Å². The van der Waals surface area contributed by atoms with Crippen LogP contribution in [0.4, 0.5) is 0 Å². The van der Waals surface area contributed by atoms with Crippen molar-refractivity contribution in [3.63, 3.8) is 0 Å². The number of hydrogen-bond donors (Lipinski definition) is 0. The summed E-state index contributed by atoms with van der Waals surface area (Å²) in [6.45, 7) is -0.997. The molecule has 0 saturated carbocycles. The van der Waals surface area contributed by atoms with Gasteiger partial charge in [0.25, 0.3) is 0 Å². The Morgan fingerprint density at radius 3 is 2.04 bits per heavy atom. The van der Waals surface area contributed by atoms with Gasteiger partial charge in [0.1, 0.15) is 5.75 Å². The molecule has 0 radical (unpaired) electrons. The molecule has 6 heteroatoms. The number of hydroxylamine groups is 1. The summed E-state index contributed by atoms with van der Waals surface area (Å²) in [5.74, 6) is -0.0537. The van der Waals surface area contributed by atoms with Crippen molar-refractivity contribution < 1.29 is 18.9 Å². The maximum atomic E-state index is 12.4. The number of hydrogen-bond acceptors (Lipinski definition) is 4. The molecule has 28 heavy (non-hydrogen) atoms. The topological polar surface area (TPSA) is 61.6 Å². The molecule has 3 aromatic carbocycles. The largest absolute Gasteiger partial charge is 0.623 e. The second-order valence-electron chi connectivity index (χ2n) is 6.14. The summed E-state index contributed by atoms with van der Waals surface area (Å²) in [5.41, 5.74) is 2.27. The van der Waals surface area contributed by atoms with Crippen LogP contribution in [0, 0.1) is 5.21 Å². The Balaban J connectivity index is 1.76. The van der Waals surface area contributed by atoms with E-state index in [1.165, 1.54) is 13.3 Å². The second kappa shape index (κ2) is 9.42. The lowest BCUT2D eigenvalue weighted by Gasteiger charge is -2.15. The zero-order chi connectivity index (χ0) is 19.8. The van der Waals surface area contributed by atoms with Gasteiger partial charge in [0.15, 0.2) is 6.21 Å². The van der Waals surface area contributed by atoms with E-state index >= 15 is 0 Å². The number of methoxy groups -OCH3 is 1. The Labute approximate surface area is 164 Å². The number of benzene rings is 3. The summed E-state index contributed by atoms with van der Waals surface area (Å²) in [6, 6.07) is 26.0. The Bertz CT molecular complexity index is 906. The summed E-state index contributed by atoms with van der Waals surface area (Å²) in [5, 5.41) is 12.3. The third-order valence-corrected chi connectivity index (χ3v) is 4.16. The van der Waals surface area contributed by atoms with Gasteiger partial charge >= 0.3 is 12.9 Å². The smallest absolute Gasteiger partial charge is 0.429 e. The molecule has 0 spiro atoms. The zero-order valence-corrected chi connectivity index (χ0v) is 15.5. The molecule has 0 heterocycles. The number of rotatable bonds is 7. The molecule has 0 bridgehead atoms. The fourth-order valence-electron chi connectivity index (χ4n) is 2.85. The predicted octanol–water partition coefficient (Wildman–Crippen LogP) is 1.97. The molecule has 0 aliphatic carbocycles. The van der Waals surface area contributed by atoms with Gasteiger partial charge in [-0.1, -0.05) is 72.8 Å². The average Bonchev–Trinajstić information content (AvgIpc) is 2.73. The average molecular weight is 373 g/mol. The summed E-state index contributed by atoms with van der Waals surface area (Å²) in [6.07, 6.45) is 1.32. The Morgan fingerprint density at radius 2 is 1.46 bits per heavy atom. The fourth-order valence-corrected chi connectivity index (χ4v) is 2.85. The van der Waals surface area contributed by atoms with E-state index in [1.54, 1.807) is 18.2 Å². The van der Waals surface area contributed by atoms with Crippen molar-refractivity contribution >= 4 is 30.0 Å². The van der Waals surface area contributed by atoms with Gasteiger partial charge in [-0.3, -0.25) is 0 Å². The Hall–Kier alpha value is -3.54. The number of ether oxygens (including phenoxy) is 1. The van der Waals surface area contributed by atoms with Gasteiger partial charge in [-0.15, -0.1) is 0 Å². The van der Waals surface area contributed by atoms with E-state index in [0.29, 0.717) is 16.1 Å². The highest BCUT2D eigenvalue weighted by Gasteiger charge is 2.26. The standard InChI is InChI=1S/C22H20BNO4/c1-27-21-15-9-8-10-18(21)16-24(26)17-22(25)28-23(19-11-4-2-5-12-19)20-13-6-3-7-14-20/h2-16H,17H2,1H3. The Morgan fingerprint density at radius 1 is 0.929 bits per heavy atom. The maximum absolute atomic E-state index is 12.4. The van der Waals surface area contributed by atoms with Crippen LogP contribution in [0.2, 0.25) is 0 Å². The number of carbonyl (C=O) groups is 1. The van der Waals surface area contributed by atoms with Crippen LogP contribution in [0.5, 0.6) is 5.75 Å². The van der Waals surface area contributed by atoms with Crippen LogP contribution in [0.25, 0.3) is 0 Å². The van der Waals surface area contributed by atoms with Gasteiger partial charge in [0.2, 0.25) is 6.54 Å². The lowest BCUT2D eigenvalue weighted by Crippen LogP contribution is -2.47. The molecule has 0 atom stereocenters. The van der Waals surface area contributed by atoms with Crippen LogP contribution >= 0.6 is 0 Å². The van der Waals surface area contributed by atoms with E-state index in [0.717, 1.165) is 10.9 Å². The third-order valence-electron chi connectivity index (χ3n) is 4.16. The first-order valence-electron chi connectivity index (χ1n) is 8.88. The maximum Gasteiger partial charge on any atom is 0.429 e. The van der Waals surface area contributed by atoms with Crippen molar-refractivity contribution in [3.05, 3.63) is 95.7 Å². The highest BCUT2D eigenvalue weighted by atomic mass is 16.5. The molecule has 3 aromatic rings. The lowest BCUT2D eigenvalue weighted by molar-refractivity contribution is -0.442. The normalized spacial score (nSPS) is 11.0. The molecule has 0 amide bonds. The second-order valence-corrected chi connectivity index (χ2v) is 6.14. The van der Waals surface area contributed by atoms with Crippen molar-refractivity contribution in [2.75, 3.05) is 13.7 Å². The summed E-state index contributed by atoms with van der Waals surface area (Å²) >= 11 is 0. The van der Waals surface area contributed by atoms with Crippen molar-refractivity contribution in [1.29, 1.82) is 0 Å². The molecule has 0 aliphatic rings. The van der Waals surface area contributed by atoms with Crippen molar-refractivity contribution in [2.24, 2.45) is 0 Å². The lowest BCUT2D eigenvalue weighted by atomic mass is 9.55. The van der Waals surface area contributed by atoms with Crippen LogP contribution in [0.15, 0.2) is 84.9 Å². The quantitative estimate of drug-likeness (QED) is 0.209. The number of nitrogens with zero attached hydrogens (tertiary/aromatic N) is 1. The van der Waals surface area contributed by atoms with Gasteiger partial charge in [0.05, 0.1) is 12.7 Å². The minimum Gasteiger partial charge on any atom is -0.623 e. The van der Waals surface area contributed by atoms with E-state index in [2.05, 4.69) is 0 Å². The molecule has 3 rings (SSSR count). The minimum absolute atomic E-state index is 0.422. The molecule has 0 N–H and O–H groups in total. The fraction of sp³-hybridized carbons (Fsp3) is 0.0909. The predicted molar refractivity (Wildman–Crippen MR) is 111 cm³/mol. The van der Waals surface area contributed by atoms with E-state index in [1.807, 2.05) is 66.7 Å². The summed E-state index contributed by atoms with van der Waals surface area (Å²) in [7, 11) is 1.53. The number of carbonyl (C=O) groups excluding carboxylic acids is 1. The van der Waals surface area contributed by atoms with E-state index in [-0.39, 0.29) is 0 Å². The van der Waals surface area contributed by atoms with Crippen LogP contribution in [0.1, 0.15) is 5.56 Å². The van der Waals surface area contributed by atoms with E-state index in [4.69, 9.17) is 9.39 Å². The Kier molecular flexibility index (Phi) is 6.47. The van der Waals surface area contributed by atoms with Gasteiger partial charge in [-0.25, -0.2) is 4.79 Å². The van der Waals surface area contributed by atoms with E-state index < -0.39 is 19.4 Å². The zero-order valence-electron chi connectivity index (χ0n) is 15.5. The molecule has 140 valence electrons. The molecule has 0 unspecified atom stereocenters. The van der Waals surface area contributed by atoms with E-state index in [9.17, 15) is 10.0 Å². The molecule has 0 aliphatic heterocycles. The molecule has 0 aromatic heterocycles. The molecule has 5 nitrogen and oxygen atoms in total. The van der Waals surface area contributed by atoms with Gasteiger partial charge in [-0.2, -0.15) is 4.74 Å². The van der Waals surface area contributed by atoms with Gasteiger partial charge < -0.3 is 14.6 Å². The SMILES string of the molecule is COc1ccccc1C=[N+]([O-])CC(=O)OB(c1ccccc1)c1ccccc1. The van der Waals surface area contributed by atoms with Gasteiger partial charge in [0, 0.05) is 0 Å². The van der Waals surface area contributed by atoms with Crippen molar-refractivity contribution in [1.82, 2.24) is 0 Å². The van der Waals surface area contributed by atoms with Crippen LogP contribution < -0.4 is 15.7 Å². The molecule has 0 fully saturated rings. The first-order chi connectivity index (χ1) is 13.7. The first-order valence-corrected chi connectivity index (χ1v) is 8.88. The van der Waals surface area contributed by atoms with Crippen LogP contribution in [-0.2, 0) is 9.45 Å². The summed E-state index contributed by atoms with van der Waals surface area (Å²) in [4.78, 5) is 12.4. The number of para-hydroxylation sites is 1. The van der Waals surface area contributed by atoms with Crippen molar-refractivity contribution in [3.8, 4) is 5.75 Å². The first kappa shape index (κ1) is 19.2. The molecular weight excluding hydrogens is 353 g/mol. The highest BCUT2D eigenvalue weighted by molar-refractivity contribution is 6.81. The molecular formula is C22H20BNO4. The third kappa shape index (κ3) is 5.01. The van der Waals surface area contributed by atoms with Crippen molar-refractivity contribution in [2.45, 2.75) is 0 Å². The highest BCUT2D eigenvalue weighted by Crippen LogP contribution is 2.14. The monoisotopic (exact) mass is 373 g/mol. The van der Waals surface area contributed by atoms with Crippen LogP contribution in [0.3, 0.4) is 0 Å².